The van der Waals surface area contributed by atoms with Crippen molar-refractivity contribution in [1.29, 1.82) is 0 Å². The third kappa shape index (κ3) is 4.36. The lowest BCUT2D eigenvalue weighted by atomic mass is 10.1. The maximum Gasteiger partial charge on any atom is 0.263 e. The fourth-order valence-corrected chi connectivity index (χ4v) is 3.03. The van der Waals surface area contributed by atoms with Crippen molar-refractivity contribution in [1.82, 2.24) is 24.8 Å². The predicted molar refractivity (Wildman–Crippen MR) is 109 cm³/mol. The van der Waals surface area contributed by atoms with Crippen LogP contribution in [0.15, 0.2) is 40.0 Å². The number of hydrogen-bond donors (Lipinski definition) is 1. The number of rotatable bonds is 4. The van der Waals surface area contributed by atoms with Crippen molar-refractivity contribution in [3.63, 3.8) is 0 Å². The molecule has 0 bridgehead atoms. The minimum absolute atomic E-state index is 0.182. The van der Waals surface area contributed by atoms with Crippen molar-refractivity contribution in [2.24, 2.45) is 0 Å². The lowest BCUT2D eigenvalue weighted by Crippen LogP contribution is -2.43. The SMILES string of the molecule is COc1cncc(-c2nc3ncc(Br)cc3c(=O)n2CC(=O)NC(C)(C)C)c1. The van der Waals surface area contributed by atoms with E-state index in [1.54, 1.807) is 30.7 Å². The van der Waals surface area contributed by atoms with Crippen LogP contribution in [0.2, 0.25) is 0 Å². The largest absolute Gasteiger partial charge is 0.495 e. The Kier molecular flexibility index (Phi) is 5.46. The minimum Gasteiger partial charge on any atom is -0.495 e. The molecule has 0 aromatic carbocycles. The molecule has 3 aromatic heterocycles. The van der Waals surface area contributed by atoms with Crippen molar-refractivity contribution in [3.8, 4) is 17.1 Å². The Morgan fingerprint density at radius 3 is 2.68 bits per heavy atom. The zero-order valence-electron chi connectivity index (χ0n) is 16.0. The third-order valence-corrected chi connectivity index (χ3v) is 4.23. The number of hydrogen-bond acceptors (Lipinski definition) is 6. The van der Waals surface area contributed by atoms with E-state index in [0.717, 1.165) is 0 Å². The second-order valence-electron chi connectivity index (χ2n) is 7.26. The molecule has 0 fully saturated rings. The smallest absolute Gasteiger partial charge is 0.263 e. The second kappa shape index (κ2) is 7.67. The second-order valence-corrected chi connectivity index (χ2v) is 8.18. The average molecular weight is 446 g/mol. The fourth-order valence-electron chi connectivity index (χ4n) is 2.70. The van der Waals surface area contributed by atoms with E-state index in [1.165, 1.54) is 11.7 Å². The lowest BCUT2D eigenvalue weighted by Gasteiger charge is -2.21. The van der Waals surface area contributed by atoms with Gasteiger partial charge in [0, 0.05) is 28.0 Å². The Morgan fingerprint density at radius 2 is 2.00 bits per heavy atom. The fraction of sp³-hybridized carbons (Fsp3) is 0.316. The highest BCUT2D eigenvalue weighted by atomic mass is 79.9. The summed E-state index contributed by atoms with van der Waals surface area (Å²) in [6.45, 7) is 5.44. The van der Waals surface area contributed by atoms with Crippen molar-refractivity contribution in [3.05, 3.63) is 45.5 Å². The molecular weight excluding hydrogens is 426 g/mol. The number of carbonyl (C=O) groups excluding carboxylic acids is 1. The van der Waals surface area contributed by atoms with E-state index in [0.29, 0.717) is 32.6 Å². The van der Waals surface area contributed by atoms with Gasteiger partial charge in [0.15, 0.2) is 5.65 Å². The summed E-state index contributed by atoms with van der Waals surface area (Å²) in [6, 6.07) is 3.35. The number of nitrogens with zero attached hydrogens (tertiary/aromatic N) is 4. The first-order valence-electron chi connectivity index (χ1n) is 8.54. The molecule has 0 aliphatic heterocycles. The van der Waals surface area contributed by atoms with Crippen LogP contribution < -0.4 is 15.6 Å². The van der Waals surface area contributed by atoms with Gasteiger partial charge in [-0.25, -0.2) is 9.97 Å². The monoisotopic (exact) mass is 445 g/mol. The molecule has 0 unspecified atom stereocenters. The summed E-state index contributed by atoms with van der Waals surface area (Å²) in [4.78, 5) is 38.6. The Balaban J connectivity index is 2.21. The molecule has 1 N–H and O–H groups in total. The summed E-state index contributed by atoms with van der Waals surface area (Å²) in [5, 5.41) is 3.18. The highest BCUT2D eigenvalue weighted by Crippen LogP contribution is 2.22. The first-order chi connectivity index (χ1) is 13.2. The molecule has 9 heteroatoms. The number of fused-ring (bicyclic) bond motifs is 1. The van der Waals surface area contributed by atoms with Crippen molar-refractivity contribution in [2.75, 3.05) is 7.11 Å². The highest BCUT2D eigenvalue weighted by Gasteiger charge is 2.20. The summed E-state index contributed by atoms with van der Waals surface area (Å²) in [5.41, 5.74) is 0.0542. The van der Waals surface area contributed by atoms with Crippen molar-refractivity contribution < 1.29 is 9.53 Å². The molecule has 146 valence electrons. The van der Waals surface area contributed by atoms with E-state index < -0.39 is 5.54 Å². The lowest BCUT2D eigenvalue weighted by molar-refractivity contribution is -0.123. The van der Waals surface area contributed by atoms with Crippen LogP contribution in [0, 0.1) is 0 Å². The Labute approximate surface area is 170 Å². The summed E-state index contributed by atoms with van der Waals surface area (Å²) in [5.74, 6) is 0.514. The first-order valence-corrected chi connectivity index (χ1v) is 9.34. The van der Waals surface area contributed by atoms with Gasteiger partial charge in [-0.05, 0) is 48.8 Å². The van der Waals surface area contributed by atoms with Gasteiger partial charge in [0.2, 0.25) is 5.91 Å². The van der Waals surface area contributed by atoms with Gasteiger partial charge in [-0.1, -0.05) is 0 Å². The molecule has 28 heavy (non-hydrogen) atoms. The Bertz CT molecular complexity index is 1100. The molecule has 0 aliphatic rings. The van der Waals surface area contributed by atoms with Crippen molar-refractivity contribution in [2.45, 2.75) is 32.9 Å². The quantitative estimate of drug-likeness (QED) is 0.662. The van der Waals surface area contributed by atoms with Crippen LogP contribution in [0.25, 0.3) is 22.4 Å². The van der Waals surface area contributed by atoms with Crippen LogP contribution in [0.4, 0.5) is 0 Å². The van der Waals surface area contributed by atoms with Gasteiger partial charge in [-0.15, -0.1) is 0 Å². The minimum atomic E-state index is -0.423. The highest BCUT2D eigenvalue weighted by molar-refractivity contribution is 9.10. The molecule has 0 aliphatic carbocycles. The average Bonchev–Trinajstić information content (AvgIpc) is 2.63. The van der Waals surface area contributed by atoms with E-state index >= 15 is 0 Å². The first kappa shape index (κ1) is 19.9. The maximum atomic E-state index is 13.2. The maximum absolute atomic E-state index is 13.2. The van der Waals surface area contributed by atoms with Crippen LogP contribution in [-0.2, 0) is 11.3 Å². The Morgan fingerprint density at radius 1 is 1.25 bits per heavy atom. The molecule has 0 spiro atoms. The van der Waals surface area contributed by atoms with Gasteiger partial charge in [0.1, 0.15) is 18.1 Å². The van der Waals surface area contributed by atoms with Crippen LogP contribution in [0.5, 0.6) is 5.75 Å². The van der Waals surface area contributed by atoms with E-state index in [2.05, 4.69) is 36.2 Å². The zero-order valence-corrected chi connectivity index (χ0v) is 17.6. The van der Waals surface area contributed by atoms with Crippen LogP contribution in [-0.4, -0.2) is 38.1 Å². The van der Waals surface area contributed by atoms with Crippen LogP contribution >= 0.6 is 15.9 Å². The Hall–Kier alpha value is -2.81. The standard InChI is InChI=1S/C19H20BrN5O3/c1-19(2,3)24-15(26)10-25-17(11-5-13(28-4)9-21-7-11)23-16-14(18(25)27)6-12(20)8-22-16/h5-9H,10H2,1-4H3,(H,24,26). The van der Waals surface area contributed by atoms with Crippen molar-refractivity contribution >= 4 is 32.9 Å². The summed E-state index contributed by atoms with van der Waals surface area (Å²) < 4.78 is 7.20. The van der Waals surface area contributed by atoms with Gasteiger partial charge in [-0.3, -0.25) is 19.1 Å². The molecule has 8 nitrogen and oxygen atoms in total. The van der Waals surface area contributed by atoms with Gasteiger partial charge in [-0.2, -0.15) is 0 Å². The molecule has 3 heterocycles. The summed E-state index contributed by atoms with van der Waals surface area (Å²) in [7, 11) is 1.53. The number of methoxy groups -OCH3 is 1. The number of pyridine rings is 2. The number of ether oxygens (including phenoxy) is 1. The molecule has 0 atom stereocenters. The topological polar surface area (TPSA) is 99.0 Å². The molecule has 3 aromatic rings. The number of halogens is 1. The van der Waals surface area contributed by atoms with Crippen LogP contribution in [0.1, 0.15) is 20.8 Å². The van der Waals surface area contributed by atoms with E-state index in [-0.39, 0.29) is 18.0 Å². The molecular formula is C19H20BrN5O3. The van der Waals surface area contributed by atoms with Gasteiger partial charge < -0.3 is 10.1 Å². The van der Waals surface area contributed by atoms with Gasteiger partial charge in [0.05, 0.1) is 18.7 Å². The normalized spacial score (nSPS) is 11.5. The van der Waals surface area contributed by atoms with Gasteiger partial charge in [0.25, 0.3) is 5.56 Å². The number of aromatic nitrogens is 4. The number of amides is 1. The molecule has 0 radical (unpaired) electrons. The number of carbonyl (C=O) groups is 1. The van der Waals surface area contributed by atoms with E-state index in [1.807, 2.05) is 20.8 Å². The molecule has 3 rings (SSSR count). The summed E-state index contributed by atoms with van der Waals surface area (Å²) >= 11 is 3.32. The summed E-state index contributed by atoms with van der Waals surface area (Å²) in [6.07, 6.45) is 4.68. The molecule has 0 saturated heterocycles. The van der Waals surface area contributed by atoms with E-state index in [4.69, 9.17) is 4.74 Å². The predicted octanol–water partition coefficient (Wildman–Crippen LogP) is 2.54. The molecule has 1 amide bonds. The number of nitrogens with one attached hydrogen (secondary N) is 1. The third-order valence-electron chi connectivity index (χ3n) is 3.80. The van der Waals surface area contributed by atoms with E-state index in [9.17, 15) is 9.59 Å². The molecule has 0 saturated carbocycles. The van der Waals surface area contributed by atoms with Gasteiger partial charge >= 0.3 is 0 Å². The van der Waals surface area contributed by atoms with Crippen LogP contribution in [0.3, 0.4) is 0 Å². The zero-order chi connectivity index (χ0) is 20.5.